The van der Waals surface area contributed by atoms with Crippen LogP contribution in [0.15, 0.2) is 84.9 Å². The Morgan fingerprint density at radius 2 is 1.52 bits per heavy atom. The molecule has 1 heterocycles. The molecule has 4 heteroatoms. The second-order valence-electron chi connectivity index (χ2n) is 8.19. The van der Waals surface area contributed by atoms with Crippen molar-refractivity contribution in [1.29, 1.82) is 0 Å². The van der Waals surface area contributed by atoms with Gasteiger partial charge in [-0.1, -0.05) is 72.8 Å². The molecule has 3 aromatic rings. The van der Waals surface area contributed by atoms with E-state index in [1.165, 1.54) is 0 Å². The van der Waals surface area contributed by atoms with Crippen LogP contribution >= 0.6 is 0 Å². The van der Waals surface area contributed by atoms with Gasteiger partial charge in [-0.25, -0.2) is 0 Å². The Bertz CT molecular complexity index is 924. The third-order valence-electron chi connectivity index (χ3n) is 6.23. The number of aliphatic hydroxyl groups is 1. The quantitative estimate of drug-likeness (QED) is 0.595. The third kappa shape index (κ3) is 5.16. The molecule has 4 nitrogen and oxygen atoms in total. The van der Waals surface area contributed by atoms with Crippen molar-refractivity contribution in [3.63, 3.8) is 0 Å². The highest BCUT2D eigenvalue weighted by atomic mass is 16.5. The van der Waals surface area contributed by atoms with Crippen LogP contribution in [0.2, 0.25) is 0 Å². The van der Waals surface area contributed by atoms with Gasteiger partial charge in [-0.15, -0.1) is 0 Å². The fourth-order valence-corrected chi connectivity index (χ4v) is 4.47. The molecular formula is C27H31NO3. The zero-order chi connectivity index (χ0) is 21.5. The molecule has 0 amide bonds. The number of hydrogen-bond donors (Lipinski definition) is 1. The first-order chi connectivity index (χ1) is 15.2. The summed E-state index contributed by atoms with van der Waals surface area (Å²) >= 11 is 0. The van der Waals surface area contributed by atoms with Crippen molar-refractivity contribution in [3.05, 3.63) is 102 Å². The van der Waals surface area contributed by atoms with Gasteiger partial charge >= 0.3 is 0 Å². The van der Waals surface area contributed by atoms with Gasteiger partial charge in [0.05, 0.1) is 20.3 Å². The molecule has 162 valence electrons. The fourth-order valence-electron chi connectivity index (χ4n) is 4.47. The molecule has 3 aromatic carbocycles. The van der Waals surface area contributed by atoms with Crippen LogP contribution in [0.1, 0.15) is 22.6 Å². The summed E-state index contributed by atoms with van der Waals surface area (Å²) in [5.41, 5.74) is 2.08. The minimum absolute atomic E-state index is 0.0969. The molecule has 0 saturated carbocycles. The number of rotatable bonds is 8. The predicted octanol–water partition coefficient (Wildman–Crippen LogP) is 4.24. The van der Waals surface area contributed by atoms with Crippen molar-refractivity contribution in [2.75, 3.05) is 40.0 Å². The normalized spacial score (nSPS) is 17.6. The molecule has 1 aliphatic heterocycles. The summed E-state index contributed by atoms with van der Waals surface area (Å²) in [5.74, 6) is 0.690. The molecule has 1 aliphatic rings. The van der Waals surface area contributed by atoms with Crippen molar-refractivity contribution >= 4 is 0 Å². The van der Waals surface area contributed by atoms with Crippen LogP contribution in [0.5, 0.6) is 5.75 Å². The van der Waals surface area contributed by atoms with Crippen LogP contribution in [0, 0.1) is 0 Å². The van der Waals surface area contributed by atoms with Gasteiger partial charge in [0, 0.05) is 32.0 Å². The van der Waals surface area contributed by atoms with Gasteiger partial charge in [0.25, 0.3) is 0 Å². The molecule has 1 N–H and O–H groups in total. The van der Waals surface area contributed by atoms with E-state index in [2.05, 4.69) is 41.3 Å². The SMILES string of the molecule is COc1ccc([C@@](O)(Cc2ccccc2)[C@@H](CN2CCOCC2)c2ccccc2)cc1. The summed E-state index contributed by atoms with van der Waals surface area (Å²) in [6.07, 6.45) is 0.532. The lowest BCUT2D eigenvalue weighted by molar-refractivity contribution is -0.0223. The minimum atomic E-state index is -1.08. The summed E-state index contributed by atoms with van der Waals surface area (Å²) in [6.45, 7) is 4.01. The van der Waals surface area contributed by atoms with Crippen LogP contribution in [-0.4, -0.2) is 50.0 Å². The van der Waals surface area contributed by atoms with E-state index in [0.29, 0.717) is 6.42 Å². The number of benzene rings is 3. The maximum Gasteiger partial charge on any atom is 0.118 e. The van der Waals surface area contributed by atoms with E-state index in [1.807, 2.05) is 48.5 Å². The lowest BCUT2D eigenvalue weighted by atomic mass is 9.73. The second kappa shape index (κ2) is 10.1. The standard InChI is InChI=1S/C27H31NO3/c1-30-25-14-12-24(13-15-25)27(29,20-22-8-4-2-5-9-22)26(23-10-6-3-7-11-23)21-28-16-18-31-19-17-28/h2-15,26,29H,16-21H2,1H3/t26-,27-/m0/s1. The lowest BCUT2D eigenvalue weighted by Crippen LogP contribution is -2.45. The van der Waals surface area contributed by atoms with Gasteiger partial charge in [-0.05, 0) is 28.8 Å². The van der Waals surface area contributed by atoms with Crippen LogP contribution in [0.25, 0.3) is 0 Å². The Morgan fingerprint density at radius 1 is 0.903 bits per heavy atom. The largest absolute Gasteiger partial charge is 0.497 e. The number of ether oxygens (including phenoxy) is 2. The lowest BCUT2D eigenvalue weighted by Gasteiger charge is -2.41. The average Bonchev–Trinajstić information content (AvgIpc) is 2.84. The number of nitrogens with zero attached hydrogens (tertiary/aromatic N) is 1. The topological polar surface area (TPSA) is 41.9 Å². The Balaban J connectivity index is 1.77. The second-order valence-corrected chi connectivity index (χ2v) is 8.19. The Kier molecular flexibility index (Phi) is 7.03. The highest BCUT2D eigenvalue weighted by Crippen LogP contribution is 2.41. The van der Waals surface area contributed by atoms with E-state index >= 15 is 0 Å². The van der Waals surface area contributed by atoms with Crippen molar-refractivity contribution in [2.45, 2.75) is 17.9 Å². The Morgan fingerprint density at radius 3 is 2.13 bits per heavy atom. The van der Waals surface area contributed by atoms with Gasteiger partial charge in [0.2, 0.25) is 0 Å². The molecule has 4 rings (SSSR count). The predicted molar refractivity (Wildman–Crippen MR) is 123 cm³/mol. The zero-order valence-electron chi connectivity index (χ0n) is 18.1. The summed E-state index contributed by atoms with van der Waals surface area (Å²) < 4.78 is 10.9. The molecule has 1 fully saturated rings. The van der Waals surface area contributed by atoms with E-state index in [4.69, 9.17) is 9.47 Å². The number of morpholine rings is 1. The number of hydrogen-bond acceptors (Lipinski definition) is 4. The van der Waals surface area contributed by atoms with Crippen molar-refractivity contribution in [1.82, 2.24) is 4.90 Å². The van der Waals surface area contributed by atoms with Gasteiger partial charge < -0.3 is 14.6 Å². The van der Waals surface area contributed by atoms with Gasteiger partial charge in [0.1, 0.15) is 11.4 Å². The Hall–Kier alpha value is -2.66. The molecule has 31 heavy (non-hydrogen) atoms. The maximum absolute atomic E-state index is 12.4. The first-order valence-corrected chi connectivity index (χ1v) is 10.9. The van der Waals surface area contributed by atoms with E-state index in [9.17, 15) is 5.11 Å². The van der Waals surface area contributed by atoms with E-state index in [0.717, 1.165) is 55.3 Å². The molecular weight excluding hydrogens is 386 g/mol. The average molecular weight is 418 g/mol. The summed E-state index contributed by atoms with van der Waals surface area (Å²) in [6, 6.07) is 28.5. The van der Waals surface area contributed by atoms with Gasteiger partial charge in [-0.2, -0.15) is 0 Å². The summed E-state index contributed by atoms with van der Waals surface area (Å²) in [4.78, 5) is 2.40. The smallest absolute Gasteiger partial charge is 0.118 e. The summed E-state index contributed by atoms with van der Waals surface area (Å²) in [7, 11) is 1.66. The molecule has 0 aromatic heterocycles. The molecule has 0 unspecified atom stereocenters. The van der Waals surface area contributed by atoms with Gasteiger partial charge in [-0.3, -0.25) is 4.90 Å². The summed E-state index contributed by atoms with van der Waals surface area (Å²) in [5, 5.41) is 12.4. The minimum Gasteiger partial charge on any atom is -0.497 e. The maximum atomic E-state index is 12.4. The van der Waals surface area contributed by atoms with Crippen molar-refractivity contribution in [3.8, 4) is 5.75 Å². The van der Waals surface area contributed by atoms with Crippen LogP contribution in [-0.2, 0) is 16.8 Å². The van der Waals surface area contributed by atoms with Crippen LogP contribution in [0.3, 0.4) is 0 Å². The monoisotopic (exact) mass is 417 g/mol. The number of methoxy groups -OCH3 is 1. The Labute approximate surface area is 185 Å². The first-order valence-electron chi connectivity index (χ1n) is 10.9. The first kappa shape index (κ1) is 21.6. The van der Waals surface area contributed by atoms with Gasteiger partial charge in [0.15, 0.2) is 0 Å². The van der Waals surface area contributed by atoms with Crippen LogP contribution < -0.4 is 4.74 Å². The van der Waals surface area contributed by atoms with Crippen molar-refractivity contribution in [2.24, 2.45) is 0 Å². The molecule has 0 aliphatic carbocycles. The van der Waals surface area contributed by atoms with E-state index in [-0.39, 0.29) is 5.92 Å². The molecule has 0 bridgehead atoms. The molecule has 0 radical (unpaired) electrons. The van der Waals surface area contributed by atoms with E-state index in [1.54, 1.807) is 7.11 Å². The highest BCUT2D eigenvalue weighted by molar-refractivity contribution is 5.37. The van der Waals surface area contributed by atoms with E-state index < -0.39 is 5.60 Å². The zero-order valence-corrected chi connectivity index (χ0v) is 18.1. The van der Waals surface area contributed by atoms with Crippen LogP contribution in [0.4, 0.5) is 0 Å². The molecule has 0 spiro atoms. The molecule has 2 atom stereocenters. The molecule has 1 saturated heterocycles. The highest BCUT2D eigenvalue weighted by Gasteiger charge is 2.40. The van der Waals surface area contributed by atoms with Crippen molar-refractivity contribution < 1.29 is 14.6 Å². The third-order valence-corrected chi connectivity index (χ3v) is 6.23. The fraction of sp³-hybridized carbons (Fsp3) is 0.333.